The first-order valence-corrected chi connectivity index (χ1v) is 5.31. The number of hydrogen-bond donors (Lipinski definition) is 2. The van der Waals surface area contributed by atoms with Gasteiger partial charge in [-0.05, 0) is 18.2 Å². The third-order valence-corrected chi connectivity index (χ3v) is 2.57. The molecule has 0 atom stereocenters. The summed E-state index contributed by atoms with van der Waals surface area (Å²) in [6.45, 7) is 0.0943. The Hall–Kier alpha value is -2.27. The summed E-state index contributed by atoms with van der Waals surface area (Å²) in [5.74, 6) is -1.60. The van der Waals surface area contributed by atoms with Crippen molar-refractivity contribution in [2.24, 2.45) is 5.73 Å². The van der Waals surface area contributed by atoms with E-state index in [0.717, 1.165) is 0 Å². The fourth-order valence-corrected chi connectivity index (χ4v) is 1.56. The van der Waals surface area contributed by atoms with E-state index in [1.54, 1.807) is 24.3 Å². The second-order valence-electron chi connectivity index (χ2n) is 3.73. The lowest BCUT2D eigenvalue weighted by molar-refractivity contribution is 0.0697. The molecule has 2 aromatic rings. The second-order valence-corrected chi connectivity index (χ2v) is 3.73. The summed E-state index contributed by atoms with van der Waals surface area (Å²) in [6, 6.07) is 9.31. The van der Waals surface area contributed by atoms with E-state index in [4.69, 9.17) is 10.8 Å². The SMILES string of the molecule is NCc1ccc(-c2ccc(C(=O)O)cc2)nc1F. The third kappa shape index (κ3) is 2.36. The van der Waals surface area contributed by atoms with Crippen LogP contribution in [-0.4, -0.2) is 16.1 Å². The Morgan fingerprint density at radius 1 is 1.22 bits per heavy atom. The first-order valence-electron chi connectivity index (χ1n) is 5.31. The molecule has 2 rings (SSSR count). The number of benzene rings is 1. The minimum atomic E-state index is -1.00. The molecule has 0 aliphatic rings. The lowest BCUT2D eigenvalue weighted by Gasteiger charge is -2.04. The van der Waals surface area contributed by atoms with Crippen molar-refractivity contribution in [2.75, 3.05) is 0 Å². The van der Waals surface area contributed by atoms with Gasteiger partial charge in [0.25, 0.3) is 0 Å². The first-order chi connectivity index (χ1) is 8.61. The molecule has 0 aliphatic carbocycles. The largest absolute Gasteiger partial charge is 0.478 e. The maximum absolute atomic E-state index is 13.5. The molecule has 4 nitrogen and oxygen atoms in total. The average molecular weight is 246 g/mol. The molecule has 0 spiro atoms. The van der Waals surface area contributed by atoms with Crippen molar-refractivity contribution in [3.8, 4) is 11.3 Å². The molecule has 92 valence electrons. The molecule has 1 aromatic carbocycles. The van der Waals surface area contributed by atoms with Crippen LogP contribution < -0.4 is 5.73 Å². The minimum Gasteiger partial charge on any atom is -0.478 e. The maximum atomic E-state index is 13.5. The van der Waals surface area contributed by atoms with E-state index in [2.05, 4.69) is 4.98 Å². The van der Waals surface area contributed by atoms with Crippen molar-refractivity contribution in [3.05, 3.63) is 53.5 Å². The number of pyridine rings is 1. The molecule has 0 saturated carbocycles. The van der Waals surface area contributed by atoms with Crippen molar-refractivity contribution in [2.45, 2.75) is 6.54 Å². The Kier molecular flexibility index (Phi) is 3.34. The van der Waals surface area contributed by atoms with Crippen LogP contribution in [0.2, 0.25) is 0 Å². The van der Waals surface area contributed by atoms with Crippen LogP contribution in [0.5, 0.6) is 0 Å². The highest BCUT2D eigenvalue weighted by atomic mass is 19.1. The fraction of sp³-hybridized carbons (Fsp3) is 0.0769. The molecule has 0 saturated heterocycles. The number of nitrogens with two attached hydrogens (primary N) is 1. The zero-order chi connectivity index (χ0) is 13.1. The monoisotopic (exact) mass is 246 g/mol. The topological polar surface area (TPSA) is 76.2 Å². The molecular weight excluding hydrogens is 235 g/mol. The highest BCUT2D eigenvalue weighted by molar-refractivity contribution is 5.88. The molecule has 0 aliphatic heterocycles. The molecular formula is C13H11FN2O2. The Labute approximate surface area is 103 Å². The molecule has 0 bridgehead atoms. The molecule has 0 radical (unpaired) electrons. The van der Waals surface area contributed by atoms with Crippen molar-refractivity contribution >= 4 is 5.97 Å². The number of rotatable bonds is 3. The number of aromatic nitrogens is 1. The highest BCUT2D eigenvalue weighted by Gasteiger charge is 2.07. The number of aromatic carboxylic acids is 1. The van der Waals surface area contributed by atoms with Gasteiger partial charge in [0, 0.05) is 17.7 Å². The van der Waals surface area contributed by atoms with E-state index in [0.29, 0.717) is 16.8 Å². The summed E-state index contributed by atoms with van der Waals surface area (Å²) in [5.41, 5.74) is 6.97. The number of halogens is 1. The summed E-state index contributed by atoms with van der Waals surface area (Å²) in [4.78, 5) is 14.5. The van der Waals surface area contributed by atoms with Crippen molar-refractivity contribution in [1.82, 2.24) is 4.98 Å². The number of carboxylic acids is 1. The molecule has 18 heavy (non-hydrogen) atoms. The third-order valence-electron chi connectivity index (χ3n) is 2.57. The fourth-order valence-electron chi connectivity index (χ4n) is 1.56. The second kappa shape index (κ2) is 4.93. The van der Waals surface area contributed by atoms with Gasteiger partial charge in [0.15, 0.2) is 0 Å². The normalized spacial score (nSPS) is 10.3. The van der Waals surface area contributed by atoms with Gasteiger partial charge in [-0.3, -0.25) is 0 Å². The van der Waals surface area contributed by atoms with E-state index in [1.165, 1.54) is 12.1 Å². The van der Waals surface area contributed by atoms with E-state index >= 15 is 0 Å². The van der Waals surface area contributed by atoms with Crippen LogP contribution in [-0.2, 0) is 6.54 Å². The summed E-state index contributed by atoms with van der Waals surface area (Å²) >= 11 is 0. The summed E-state index contributed by atoms with van der Waals surface area (Å²) in [6.07, 6.45) is 0. The number of nitrogens with zero attached hydrogens (tertiary/aromatic N) is 1. The predicted molar refractivity (Wildman–Crippen MR) is 64.5 cm³/mol. The summed E-state index contributed by atoms with van der Waals surface area (Å²) in [5, 5.41) is 8.77. The Morgan fingerprint density at radius 2 is 1.89 bits per heavy atom. The van der Waals surface area contributed by atoms with E-state index in [-0.39, 0.29) is 12.1 Å². The number of carboxylic acid groups (broad SMARTS) is 1. The zero-order valence-corrected chi connectivity index (χ0v) is 9.43. The van der Waals surface area contributed by atoms with Crippen LogP contribution in [0.25, 0.3) is 11.3 Å². The average Bonchev–Trinajstić information content (AvgIpc) is 2.38. The van der Waals surface area contributed by atoms with Gasteiger partial charge in [-0.25, -0.2) is 9.78 Å². The van der Waals surface area contributed by atoms with Gasteiger partial charge in [-0.15, -0.1) is 0 Å². The van der Waals surface area contributed by atoms with Crippen LogP contribution >= 0.6 is 0 Å². The van der Waals surface area contributed by atoms with Gasteiger partial charge < -0.3 is 10.8 Å². The Bertz CT molecular complexity index is 582. The van der Waals surface area contributed by atoms with Crippen LogP contribution in [0.1, 0.15) is 15.9 Å². The molecule has 3 N–H and O–H groups in total. The van der Waals surface area contributed by atoms with Gasteiger partial charge in [-0.2, -0.15) is 4.39 Å². The standard InChI is InChI=1S/C13H11FN2O2/c14-12-10(7-15)5-6-11(16-12)8-1-3-9(4-2-8)13(17)18/h1-6H,7,15H2,(H,17,18). The van der Waals surface area contributed by atoms with Crippen molar-refractivity contribution in [3.63, 3.8) is 0 Å². The minimum absolute atomic E-state index is 0.0943. The van der Waals surface area contributed by atoms with Gasteiger partial charge in [-0.1, -0.05) is 18.2 Å². The smallest absolute Gasteiger partial charge is 0.335 e. The van der Waals surface area contributed by atoms with Gasteiger partial charge in [0.1, 0.15) is 0 Å². The van der Waals surface area contributed by atoms with Crippen LogP contribution in [0.4, 0.5) is 4.39 Å². The van der Waals surface area contributed by atoms with Crippen molar-refractivity contribution < 1.29 is 14.3 Å². The molecule has 1 aromatic heterocycles. The first kappa shape index (κ1) is 12.2. The Morgan fingerprint density at radius 3 is 2.39 bits per heavy atom. The van der Waals surface area contributed by atoms with Gasteiger partial charge in [0.2, 0.25) is 5.95 Å². The van der Waals surface area contributed by atoms with Crippen LogP contribution in [0.3, 0.4) is 0 Å². The molecule has 0 unspecified atom stereocenters. The van der Waals surface area contributed by atoms with Gasteiger partial charge in [0.05, 0.1) is 11.3 Å². The maximum Gasteiger partial charge on any atom is 0.335 e. The summed E-state index contributed by atoms with van der Waals surface area (Å²) < 4.78 is 13.5. The number of carbonyl (C=O) groups is 1. The van der Waals surface area contributed by atoms with Crippen LogP contribution in [0, 0.1) is 5.95 Å². The quantitative estimate of drug-likeness (QED) is 0.812. The van der Waals surface area contributed by atoms with E-state index < -0.39 is 11.9 Å². The van der Waals surface area contributed by atoms with Crippen molar-refractivity contribution in [1.29, 1.82) is 0 Å². The lowest BCUT2D eigenvalue weighted by Crippen LogP contribution is -2.02. The highest BCUT2D eigenvalue weighted by Crippen LogP contribution is 2.19. The van der Waals surface area contributed by atoms with E-state index in [1.807, 2.05) is 0 Å². The Balaban J connectivity index is 2.36. The van der Waals surface area contributed by atoms with Gasteiger partial charge >= 0.3 is 5.97 Å². The zero-order valence-electron chi connectivity index (χ0n) is 9.43. The van der Waals surface area contributed by atoms with E-state index in [9.17, 15) is 9.18 Å². The molecule has 0 fully saturated rings. The molecule has 5 heteroatoms. The molecule has 0 amide bonds. The lowest BCUT2D eigenvalue weighted by atomic mass is 10.1. The molecule has 1 heterocycles. The summed E-state index contributed by atoms with van der Waals surface area (Å²) in [7, 11) is 0. The predicted octanol–water partition coefficient (Wildman–Crippen LogP) is 2.04. The van der Waals surface area contributed by atoms with Crippen LogP contribution in [0.15, 0.2) is 36.4 Å². The number of hydrogen-bond acceptors (Lipinski definition) is 3.